The summed E-state index contributed by atoms with van der Waals surface area (Å²) in [4.78, 5) is 9.85. The fourth-order valence-corrected chi connectivity index (χ4v) is 4.63. The zero-order valence-electron chi connectivity index (χ0n) is 19.8. The van der Waals surface area contributed by atoms with E-state index >= 15 is 0 Å². The van der Waals surface area contributed by atoms with E-state index in [-0.39, 0.29) is 0 Å². The van der Waals surface area contributed by atoms with Gasteiger partial charge in [0.05, 0.1) is 11.4 Å². The predicted molar refractivity (Wildman–Crippen MR) is 154 cm³/mol. The lowest BCUT2D eigenvalue weighted by Crippen LogP contribution is -1.86. The summed E-state index contributed by atoms with van der Waals surface area (Å²) in [5.41, 5.74) is 6.14. The van der Waals surface area contributed by atoms with Gasteiger partial charge in [-0.3, -0.25) is 9.98 Å². The first-order valence-electron chi connectivity index (χ1n) is 12.1. The molecule has 6 aromatic rings. The summed E-state index contributed by atoms with van der Waals surface area (Å²) in [6.07, 6.45) is 3.92. The Hall–Kier alpha value is -4.82. The highest BCUT2D eigenvalue weighted by Crippen LogP contribution is 2.36. The van der Waals surface area contributed by atoms with Gasteiger partial charge < -0.3 is 0 Å². The Balaban J connectivity index is 1.39. The normalized spacial score (nSPS) is 11.7. The van der Waals surface area contributed by atoms with Crippen molar-refractivity contribution in [1.29, 1.82) is 0 Å². The van der Waals surface area contributed by atoms with Gasteiger partial charge in [0.15, 0.2) is 0 Å². The van der Waals surface area contributed by atoms with E-state index in [1.54, 1.807) is 0 Å². The molecule has 0 aliphatic carbocycles. The lowest BCUT2D eigenvalue weighted by atomic mass is 10.0. The van der Waals surface area contributed by atoms with Crippen molar-refractivity contribution in [3.8, 4) is 11.1 Å². The Morgan fingerprint density at radius 3 is 1.25 bits per heavy atom. The molecule has 36 heavy (non-hydrogen) atoms. The number of benzene rings is 6. The highest BCUT2D eigenvalue weighted by molar-refractivity contribution is 6.02. The van der Waals surface area contributed by atoms with Gasteiger partial charge in [0.25, 0.3) is 0 Å². The highest BCUT2D eigenvalue weighted by Gasteiger charge is 2.08. The van der Waals surface area contributed by atoms with Crippen LogP contribution in [0.1, 0.15) is 11.1 Å². The van der Waals surface area contributed by atoms with Crippen LogP contribution in [0.3, 0.4) is 0 Å². The maximum atomic E-state index is 4.93. The summed E-state index contributed by atoms with van der Waals surface area (Å²) in [6.45, 7) is 0. The van der Waals surface area contributed by atoms with Crippen LogP contribution in [0.4, 0.5) is 11.4 Å². The first-order valence-corrected chi connectivity index (χ1v) is 12.1. The van der Waals surface area contributed by atoms with Gasteiger partial charge in [-0.2, -0.15) is 0 Å². The van der Waals surface area contributed by atoms with Crippen LogP contribution < -0.4 is 0 Å². The van der Waals surface area contributed by atoms with Gasteiger partial charge in [-0.05, 0) is 33.7 Å². The number of hydrogen-bond acceptors (Lipinski definition) is 2. The van der Waals surface area contributed by atoms with Crippen molar-refractivity contribution in [1.82, 2.24) is 0 Å². The largest absolute Gasteiger partial charge is 0.256 e. The molecule has 2 heteroatoms. The summed E-state index contributed by atoms with van der Waals surface area (Å²) < 4.78 is 0. The monoisotopic (exact) mass is 460 g/mol. The number of fused-ring (bicyclic) bond motifs is 2. The summed E-state index contributed by atoms with van der Waals surface area (Å²) in [6, 6.07) is 45.9. The zero-order chi connectivity index (χ0) is 24.2. The SMILES string of the molecule is C(=Nc1ccccc1-c1ccccc1N=Cc1cccc2ccccc12)c1cccc2ccccc12. The van der Waals surface area contributed by atoms with E-state index in [0.29, 0.717) is 0 Å². The van der Waals surface area contributed by atoms with Crippen LogP contribution in [0, 0.1) is 0 Å². The highest BCUT2D eigenvalue weighted by atomic mass is 14.7. The van der Waals surface area contributed by atoms with Crippen LogP contribution in [-0.4, -0.2) is 12.4 Å². The fourth-order valence-electron chi connectivity index (χ4n) is 4.63. The zero-order valence-corrected chi connectivity index (χ0v) is 19.8. The molecule has 0 aliphatic rings. The van der Waals surface area contributed by atoms with Crippen molar-refractivity contribution in [2.75, 3.05) is 0 Å². The molecular weight excluding hydrogens is 436 g/mol. The van der Waals surface area contributed by atoms with E-state index in [1.165, 1.54) is 21.5 Å². The van der Waals surface area contributed by atoms with Crippen LogP contribution in [-0.2, 0) is 0 Å². The lowest BCUT2D eigenvalue weighted by molar-refractivity contribution is 1.48. The number of para-hydroxylation sites is 2. The minimum Gasteiger partial charge on any atom is -0.256 e. The van der Waals surface area contributed by atoms with Crippen molar-refractivity contribution in [2.24, 2.45) is 9.98 Å². The molecule has 0 aromatic heterocycles. The van der Waals surface area contributed by atoms with Crippen molar-refractivity contribution in [3.05, 3.63) is 145 Å². The molecule has 6 rings (SSSR count). The summed E-state index contributed by atoms with van der Waals surface area (Å²) in [7, 11) is 0. The average Bonchev–Trinajstić information content (AvgIpc) is 2.95. The summed E-state index contributed by atoms with van der Waals surface area (Å²) in [5, 5.41) is 4.81. The molecule has 0 aliphatic heterocycles. The van der Waals surface area contributed by atoms with Crippen molar-refractivity contribution in [2.45, 2.75) is 0 Å². The molecule has 0 amide bonds. The number of rotatable bonds is 5. The Morgan fingerprint density at radius 1 is 0.361 bits per heavy atom. The van der Waals surface area contributed by atoms with Crippen LogP contribution in [0.2, 0.25) is 0 Å². The molecule has 0 saturated carbocycles. The van der Waals surface area contributed by atoms with Gasteiger partial charge in [0, 0.05) is 34.7 Å². The Kier molecular flexibility index (Phi) is 5.91. The molecule has 170 valence electrons. The van der Waals surface area contributed by atoms with Crippen molar-refractivity contribution < 1.29 is 0 Å². The number of aliphatic imine (C=N–C) groups is 2. The minimum absolute atomic E-state index is 0.915. The first-order chi connectivity index (χ1) is 17.9. The van der Waals surface area contributed by atoms with Gasteiger partial charge in [0.1, 0.15) is 0 Å². The number of hydrogen-bond donors (Lipinski definition) is 0. The molecule has 0 fully saturated rings. The van der Waals surface area contributed by atoms with Gasteiger partial charge >= 0.3 is 0 Å². The molecule has 0 atom stereocenters. The fraction of sp³-hybridized carbons (Fsp3) is 0. The second-order valence-corrected chi connectivity index (χ2v) is 8.69. The minimum atomic E-state index is 0.915. The molecular formula is C34H24N2. The molecule has 0 bridgehead atoms. The van der Waals surface area contributed by atoms with E-state index in [9.17, 15) is 0 Å². The topological polar surface area (TPSA) is 24.7 Å². The second-order valence-electron chi connectivity index (χ2n) is 8.69. The predicted octanol–water partition coefficient (Wildman–Crippen LogP) is 9.16. The molecule has 2 nitrogen and oxygen atoms in total. The number of nitrogens with zero attached hydrogens (tertiary/aromatic N) is 2. The lowest BCUT2D eigenvalue weighted by Gasteiger charge is -2.09. The molecule has 0 radical (unpaired) electrons. The maximum absolute atomic E-state index is 4.93. The quantitative estimate of drug-likeness (QED) is 0.229. The van der Waals surface area contributed by atoms with Crippen molar-refractivity contribution >= 4 is 45.3 Å². The van der Waals surface area contributed by atoms with E-state index in [2.05, 4.69) is 121 Å². The van der Waals surface area contributed by atoms with Crippen LogP contribution in [0.25, 0.3) is 32.7 Å². The van der Waals surface area contributed by atoms with Crippen LogP contribution in [0.15, 0.2) is 143 Å². The van der Waals surface area contributed by atoms with E-state index < -0.39 is 0 Å². The first kappa shape index (κ1) is 21.7. The van der Waals surface area contributed by atoms with Gasteiger partial charge in [-0.25, -0.2) is 0 Å². The molecule has 6 aromatic carbocycles. The molecule has 0 unspecified atom stereocenters. The van der Waals surface area contributed by atoms with Gasteiger partial charge in [-0.1, -0.05) is 121 Å². The standard InChI is InChI=1S/C34H24N2/c1-3-17-29-25(11-1)13-9-15-27(29)23-35-33-21-7-5-19-31(33)32-20-6-8-22-34(32)36-24-28-16-10-14-26-12-2-4-18-30(26)28/h1-24H. The second kappa shape index (κ2) is 9.81. The van der Waals surface area contributed by atoms with Crippen LogP contribution >= 0.6 is 0 Å². The molecule has 0 heterocycles. The Labute approximate surface area is 210 Å². The molecule has 0 spiro atoms. The average molecular weight is 461 g/mol. The van der Waals surface area contributed by atoms with E-state index in [1.807, 2.05) is 24.6 Å². The third-order valence-corrected chi connectivity index (χ3v) is 6.43. The third kappa shape index (κ3) is 4.33. The van der Waals surface area contributed by atoms with Gasteiger partial charge in [0.2, 0.25) is 0 Å². The maximum Gasteiger partial charge on any atom is 0.0709 e. The third-order valence-electron chi connectivity index (χ3n) is 6.43. The van der Waals surface area contributed by atoms with E-state index in [4.69, 9.17) is 9.98 Å². The molecule has 0 N–H and O–H groups in total. The van der Waals surface area contributed by atoms with Crippen LogP contribution in [0.5, 0.6) is 0 Å². The summed E-state index contributed by atoms with van der Waals surface area (Å²) in [5.74, 6) is 0. The Bertz CT molecular complexity index is 1600. The molecule has 0 saturated heterocycles. The van der Waals surface area contributed by atoms with Gasteiger partial charge in [-0.15, -0.1) is 0 Å². The summed E-state index contributed by atoms with van der Waals surface area (Å²) >= 11 is 0. The Morgan fingerprint density at radius 2 is 0.750 bits per heavy atom. The van der Waals surface area contributed by atoms with E-state index in [0.717, 1.165) is 33.6 Å². The van der Waals surface area contributed by atoms with Crippen molar-refractivity contribution in [3.63, 3.8) is 0 Å². The smallest absolute Gasteiger partial charge is 0.0709 e.